The van der Waals surface area contributed by atoms with Gasteiger partial charge in [-0.25, -0.2) is 0 Å². The van der Waals surface area contributed by atoms with Crippen molar-refractivity contribution in [3.63, 3.8) is 0 Å². The molecule has 0 spiro atoms. The molecule has 0 aliphatic heterocycles. The molecular weight excluding hydrogens is 321 g/mol. The van der Waals surface area contributed by atoms with Crippen LogP contribution in [0.1, 0.15) is 37.8 Å². The van der Waals surface area contributed by atoms with Gasteiger partial charge in [0.2, 0.25) is 0 Å². The van der Waals surface area contributed by atoms with E-state index in [4.69, 9.17) is 0 Å². The molecule has 0 fully saturated rings. The Morgan fingerprint density at radius 1 is 1.29 bits per heavy atom. The molecule has 1 N–H and O–H groups in total. The van der Waals surface area contributed by atoms with Crippen molar-refractivity contribution in [3.05, 3.63) is 45.6 Å². The van der Waals surface area contributed by atoms with Crippen molar-refractivity contribution >= 4 is 22.6 Å². The van der Waals surface area contributed by atoms with E-state index in [2.05, 4.69) is 71.2 Å². The average Bonchev–Trinajstić information content (AvgIpc) is 2.38. The molecule has 0 saturated heterocycles. The minimum Gasteiger partial charge on any atom is -0.310 e. The molecule has 1 aliphatic rings. The molecule has 2 rings (SSSR count). The molecule has 0 saturated carbocycles. The fraction of sp³-hybridized carbons (Fsp3) is 0.467. The van der Waals surface area contributed by atoms with E-state index in [0.29, 0.717) is 6.04 Å². The van der Waals surface area contributed by atoms with Crippen molar-refractivity contribution in [1.82, 2.24) is 5.32 Å². The van der Waals surface area contributed by atoms with E-state index < -0.39 is 0 Å². The Labute approximate surface area is 118 Å². The summed E-state index contributed by atoms with van der Waals surface area (Å²) in [6.45, 7) is 3.39. The van der Waals surface area contributed by atoms with E-state index >= 15 is 0 Å². The zero-order valence-electron chi connectivity index (χ0n) is 10.3. The third-order valence-corrected chi connectivity index (χ3v) is 4.18. The highest BCUT2D eigenvalue weighted by molar-refractivity contribution is 14.1. The van der Waals surface area contributed by atoms with E-state index in [0.717, 1.165) is 12.5 Å². The first kappa shape index (κ1) is 13.1. The van der Waals surface area contributed by atoms with Gasteiger partial charge in [-0.2, -0.15) is 0 Å². The van der Waals surface area contributed by atoms with Crippen LogP contribution in [0.25, 0.3) is 0 Å². The second-order valence-electron chi connectivity index (χ2n) is 4.83. The van der Waals surface area contributed by atoms with Gasteiger partial charge >= 0.3 is 0 Å². The standard InChI is InChI=1S/C15H20IN/c1-12(14-7-9-15(16)10-8-14)17-11-13-5-3-2-4-6-13/h2-3,7-10,12-13,17H,4-6,11H2,1H3. The van der Waals surface area contributed by atoms with Gasteiger partial charge in [-0.15, -0.1) is 0 Å². The Balaban J connectivity index is 1.82. The van der Waals surface area contributed by atoms with Crippen LogP contribution < -0.4 is 5.32 Å². The van der Waals surface area contributed by atoms with Crippen LogP contribution >= 0.6 is 22.6 Å². The molecule has 1 aromatic rings. The molecule has 1 aromatic carbocycles. The molecule has 0 bridgehead atoms. The summed E-state index contributed by atoms with van der Waals surface area (Å²) in [6, 6.07) is 9.26. The predicted molar refractivity (Wildman–Crippen MR) is 82.1 cm³/mol. The van der Waals surface area contributed by atoms with Crippen molar-refractivity contribution in [2.75, 3.05) is 6.54 Å². The van der Waals surface area contributed by atoms with Gasteiger partial charge in [0, 0.05) is 9.61 Å². The zero-order valence-corrected chi connectivity index (χ0v) is 12.5. The van der Waals surface area contributed by atoms with Crippen LogP contribution in [-0.2, 0) is 0 Å². The van der Waals surface area contributed by atoms with Gasteiger partial charge < -0.3 is 5.32 Å². The highest BCUT2D eigenvalue weighted by Gasteiger charge is 2.11. The van der Waals surface area contributed by atoms with Crippen molar-refractivity contribution in [1.29, 1.82) is 0 Å². The first-order chi connectivity index (χ1) is 8.25. The van der Waals surface area contributed by atoms with Crippen molar-refractivity contribution in [3.8, 4) is 0 Å². The fourth-order valence-electron chi connectivity index (χ4n) is 2.25. The minimum absolute atomic E-state index is 0.456. The first-order valence-electron chi connectivity index (χ1n) is 6.39. The summed E-state index contributed by atoms with van der Waals surface area (Å²) in [5.74, 6) is 0.825. The lowest BCUT2D eigenvalue weighted by Gasteiger charge is -2.21. The summed E-state index contributed by atoms with van der Waals surface area (Å²) in [4.78, 5) is 0. The Morgan fingerprint density at radius 2 is 2.06 bits per heavy atom. The fourth-order valence-corrected chi connectivity index (χ4v) is 2.61. The molecule has 0 heterocycles. The second kappa shape index (κ2) is 6.55. The number of allylic oxidation sites excluding steroid dienone is 2. The van der Waals surface area contributed by atoms with Crippen LogP contribution in [-0.4, -0.2) is 6.54 Å². The third kappa shape index (κ3) is 4.11. The van der Waals surface area contributed by atoms with Gasteiger partial charge in [-0.3, -0.25) is 0 Å². The molecule has 1 aliphatic carbocycles. The van der Waals surface area contributed by atoms with Crippen LogP contribution in [0.5, 0.6) is 0 Å². The van der Waals surface area contributed by atoms with Gasteiger partial charge in [-0.05, 0) is 78.9 Å². The van der Waals surface area contributed by atoms with E-state index in [9.17, 15) is 0 Å². The molecular formula is C15H20IN. The monoisotopic (exact) mass is 341 g/mol. The number of nitrogens with one attached hydrogen (secondary N) is 1. The van der Waals surface area contributed by atoms with Gasteiger partial charge in [0.05, 0.1) is 0 Å². The SMILES string of the molecule is CC(NCC1CC=CCC1)c1ccc(I)cc1. The van der Waals surface area contributed by atoms with Crippen LogP contribution in [0.2, 0.25) is 0 Å². The van der Waals surface area contributed by atoms with Crippen LogP contribution in [0.3, 0.4) is 0 Å². The maximum Gasteiger partial charge on any atom is 0.0291 e. The molecule has 92 valence electrons. The maximum absolute atomic E-state index is 3.65. The quantitative estimate of drug-likeness (QED) is 0.636. The number of hydrogen-bond donors (Lipinski definition) is 1. The van der Waals surface area contributed by atoms with Gasteiger partial charge in [-0.1, -0.05) is 24.3 Å². The third-order valence-electron chi connectivity index (χ3n) is 3.46. The summed E-state index contributed by atoms with van der Waals surface area (Å²) < 4.78 is 1.30. The average molecular weight is 341 g/mol. The van der Waals surface area contributed by atoms with E-state index in [1.807, 2.05) is 0 Å². The Bertz CT molecular complexity index is 369. The lowest BCUT2D eigenvalue weighted by Crippen LogP contribution is -2.26. The lowest BCUT2D eigenvalue weighted by molar-refractivity contribution is 0.415. The molecule has 17 heavy (non-hydrogen) atoms. The maximum atomic E-state index is 3.65. The highest BCUT2D eigenvalue weighted by Crippen LogP contribution is 2.19. The predicted octanol–water partition coefficient (Wildman–Crippen LogP) is 4.30. The van der Waals surface area contributed by atoms with Crippen molar-refractivity contribution in [2.45, 2.75) is 32.2 Å². The van der Waals surface area contributed by atoms with Crippen LogP contribution in [0.4, 0.5) is 0 Å². The van der Waals surface area contributed by atoms with Crippen molar-refractivity contribution in [2.24, 2.45) is 5.92 Å². The van der Waals surface area contributed by atoms with Gasteiger partial charge in [0.25, 0.3) is 0 Å². The van der Waals surface area contributed by atoms with Gasteiger partial charge in [0.15, 0.2) is 0 Å². The van der Waals surface area contributed by atoms with Crippen molar-refractivity contribution < 1.29 is 0 Å². The molecule has 2 unspecified atom stereocenters. The second-order valence-corrected chi connectivity index (χ2v) is 6.08. The summed E-state index contributed by atoms with van der Waals surface area (Å²) in [6.07, 6.45) is 8.46. The van der Waals surface area contributed by atoms with Crippen LogP contribution in [0, 0.1) is 9.49 Å². The molecule has 0 radical (unpaired) electrons. The van der Waals surface area contributed by atoms with Gasteiger partial charge in [0.1, 0.15) is 0 Å². The Kier molecular flexibility index (Phi) is 5.04. The number of hydrogen-bond acceptors (Lipinski definition) is 1. The Hall–Kier alpha value is -0.350. The summed E-state index contributed by atoms with van der Waals surface area (Å²) >= 11 is 2.35. The molecule has 1 nitrogen and oxygen atoms in total. The highest BCUT2D eigenvalue weighted by atomic mass is 127. The smallest absolute Gasteiger partial charge is 0.0291 e. The number of rotatable bonds is 4. The van der Waals surface area contributed by atoms with E-state index in [1.54, 1.807) is 0 Å². The largest absolute Gasteiger partial charge is 0.310 e. The number of halogens is 1. The summed E-state index contributed by atoms with van der Waals surface area (Å²) in [5.41, 5.74) is 1.39. The normalized spacial score (nSPS) is 21.4. The summed E-state index contributed by atoms with van der Waals surface area (Å²) in [7, 11) is 0. The Morgan fingerprint density at radius 3 is 2.71 bits per heavy atom. The zero-order chi connectivity index (χ0) is 12.1. The van der Waals surface area contributed by atoms with E-state index in [1.165, 1.54) is 28.4 Å². The number of benzene rings is 1. The first-order valence-corrected chi connectivity index (χ1v) is 7.47. The van der Waals surface area contributed by atoms with E-state index in [-0.39, 0.29) is 0 Å². The lowest BCUT2D eigenvalue weighted by atomic mass is 9.94. The minimum atomic E-state index is 0.456. The van der Waals surface area contributed by atoms with Crippen LogP contribution in [0.15, 0.2) is 36.4 Å². The molecule has 0 amide bonds. The molecule has 0 aromatic heterocycles. The topological polar surface area (TPSA) is 12.0 Å². The molecule has 2 heteroatoms. The summed E-state index contributed by atoms with van der Waals surface area (Å²) in [5, 5.41) is 3.65. The molecule has 2 atom stereocenters.